The lowest BCUT2D eigenvalue weighted by atomic mass is 9.97. The molecular formula is C10H12Cl2O3. The molecule has 1 aliphatic carbocycles. The molecule has 84 valence electrons. The molecule has 15 heavy (non-hydrogen) atoms. The predicted octanol–water partition coefficient (Wildman–Crippen LogP) is 2.46. The SMILES string of the molecule is COC(=O)C(Cl)=CC1(C(=O)Cl)CC1(C)C. The van der Waals surface area contributed by atoms with Gasteiger partial charge in [-0.2, -0.15) is 0 Å². The van der Waals surface area contributed by atoms with E-state index in [1.807, 2.05) is 13.8 Å². The molecule has 5 heteroatoms. The Morgan fingerprint density at radius 2 is 1.80 bits per heavy atom. The highest BCUT2D eigenvalue weighted by Crippen LogP contribution is 2.66. The average molecular weight is 251 g/mol. The maximum absolute atomic E-state index is 11.3. The van der Waals surface area contributed by atoms with Gasteiger partial charge in [-0.25, -0.2) is 4.79 Å². The summed E-state index contributed by atoms with van der Waals surface area (Å²) in [6.45, 7) is 3.79. The summed E-state index contributed by atoms with van der Waals surface area (Å²) in [4.78, 5) is 22.4. The van der Waals surface area contributed by atoms with E-state index in [0.717, 1.165) is 0 Å². The van der Waals surface area contributed by atoms with Gasteiger partial charge >= 0.3 is 5.97 Å². The highest BCUT2D eigenvalue weighted by Gasteiger charge is 2.64. The van der Waals surface area contributed by atoms with Crippen LogP contribution in [0.2, 0.25) is 0 Å². The van der Waals surface area contributed by atoms with E-state index in [1.54, 1.807) is 0 Å². The van der Waals surface area contributed by atoms with E-state index in [1.165, 1.54) is 13.2 Å². The Morgan fingerprint density at radius 1 is 1.33 bits per heavy atom. The molecule has 1 aliphatic rings. The Morgan fingerprint density at radius 3 is 2.07 bits per heavy atom. The van der Waals surface area contributed by atoms with Gasteiger partial charge in [-0.3, -0.25) is 4.79 Å². The van der Waals surface area contributed by atoms with Crippen molar-refractivity contribution >= 4 is 34.4 Å². The van der Waals surface area contributed by atoms with Crippen LogP contribution < -0.4 is 0 Å². The fraction of sp³-hybridized carbons (Fsp3) is 0.600. The summed E-state index contributed by atoms with van der Waals surface area (Å²) in [6, 6.07) is 0. The van der Waals surface area contributed by atoms with Crippen LogP contribution in [0.3, 0.4) is 0 Å². The third-order valence-corrected chi connectivity index (χ3v) is 3.51. The normalized spacial score (nSPS) is 28.5. The zero-order chi connectivity index (χ0) is 11.9. The largest absolute Gasteiger partial charge is 0.465 e. The van der Waals surface area contributed by atoms with Crippen molar-refractivity contribution in [3.05, 3.63) is 11.1 Å². The van der Waals surface area contributed by atoms with Crippen molar-refractivity contribution in [1.29, 1.82) is 0 Å². The van der Waals surface area contributed by atoms with E-state index in [2.05, 4.69) is 4.74 Å². The molecule has 1 rings (SSSR count). The molecule has 0 amide bonds. The van der Waals surface area contributed by atoms with Crippen LogP contribution in [0.5, 0.6) is 0 Å². The number of hydrogen-bond acceptors (Lipinski definition) is 3. The molecule has 1 fully saturated rings. The fourth-order valence-electron chi connectivity index (χ4n) is 1.66. The Balaban J connectivity index is 2.98. The van der Waals surface area contributed by atoms with Crippen LogP contribution in [-0.2, 0) is 14.3 Å². The van der Waals surface area contributed by atoms with Crippen LogP contribution in [0.4, 0.5) is 0 Å². The molecule has 0 aliphatic heterocycles. The Kier molecular flexibility index (Phi) is 3.17. The number of carbonyl (C=O) groups excluding carboxylic acids is 2. The van der Waals surface area contributed by atoms with Crippen molar-refractivity contribution in [2.75, 3.05) is 7.11 Å². The Hall–Kier alpha value is -0.540. The van der Waals surface area contributed by atoms with Crippen LogP contribution in [-0.4, -0.2) is 18.3 Å². The van der Waals surface area contributed by atoms with E-state index >= 15 is 0 Å². The van der Waals surface area contributed by atoms with Gasteiger partial charge in [0.25, 0.3) is 0 Å². The van der Waals surface area contributed by atoms with Crippen molar-refractivity contribution in [3.63, 3.8) is 0 Å². The van der Waals surface area contributed by atoms with Crippen LogP contribution in [0, 0.1) is 10.8 Å². The molecule has 0 spiro atoms. The van der Waals surface area contributed by atoms with Crippen molar-refractivity contribution in [1.82, 2.24) is 0 Å². The van der Waals surface area contributed by atoms with Crippen molar-refractivity contribution in [3.8, 4) is 0 Å². The molecule has 0 radical (unpaired) electrons. The molecule has 0 aromatic carbocycles. The summed E-state index contributed by atoms with van der Waals surface area (Å²) < 4.78 is 4.44. The summed E-state index contributed by atoms with van der Waals surface area (Å²) in [5, 5.41) is -0.591. The van der Waals surface area contributed by atoms with Crippen LogP contribution in [0.15, 0.2) is 11.1 Å². The number of carbonyl (C=O) groups is 2. The standard InChI is InChI=1S/C10H12Cl2O3/c1-9(2)5-10(9,8(12)14)4-6(11)7(13)15-3/h4H,5H2,1-3H3. The lowest BCUT2D eigenvalue weighted by Gasteiger charge is -2.11. The highest BCUT2D eigenvalue weighted by molar-refractivity contribution is 6.65. The van der Waals surface area contributed by atoms with Crippen LogP contribution in [0.25, 0.3) is 0 Å². The second-order valence-corrected chi connectivity index (χ2v) is 5.04. The molecule has 0 saturated heterocycles. The van der Waals surface area contributed by atoms with Gasteiger partial charge in [0.2, 0.25) is 5.24 Å². The van der Waals surface area contributed by atoms with E-state index in [4.69, 9.17) is 23.2 Å². The van der Waals surface area contributed by atoms with Gasteiger partial charge < -0.3 is 4.74 Å². The molecule has 0 aromatic heterocycles. The topological polar surface area (TPSA) is 43.4 Å². The third-order valence-electron chi connectivity index (χ3n) is 2.91. The fourth-order valence-corrected chi connectivity index (χ4v) is 2.30. The molecule has 0 heterocycles. The summed E-state index contributed by atoms with van der Waals surface area (Å²) >= 11 is 11.2. The number of allylic oxidation sites excluding steroid dienone is 1. The van der Waals surface area contributed by atoms with Gasteiger partial charge in [0.05, 0.1) is 12.5 Å². The second kappa shape index (κ2) is 3.80. The minimum absolute atomic E-state index is 0.0999. The molecule has 0 aromatic rings. The monoisotopic (exact) mass is 250 g/mol. The lowest BCUT2D eigenvalue weighted by molar-refractivity contribution is -0.135. The zero-order valence-corrected chi connectivity index (χ0v) is 10.3. The molecular weight excluding hydrogens is 239 g/mol. The number of ether oxygens (including phenoxy) is 1. The van der Waals surface area contributed by atoms with E-state index in [0.29, 0.717) is 6.42 Å². The van der Waals surface area contributed by atoms with Gasteiger partial charge in [-0.05, 0) is 29.5 Å². The quantitative estimate of drug-likeness (QED) is 0.439. The maximum Gasteiger partial charge on any atom is 0.349 e. The number of methoxy groups -OCH3 is 1. The molecule has 1 unspecified atom stereocenters. The molecule has 1 atom stereocenters. The lowest BCUT2D eigenvalue weighted by Crippen LogP contribution is -2.15. The minimum Gasteiger partial charge on any atom is -0.465 e. The number of esters is 1. The van der Waals surface area contributed by atoms with E-state index in [-0.39, 0.29) is 10.4 Å². The van der Waals surface area contributed by atoms with Crippen LogP contribution >= 0.6 is 23.2 Å². The van der Waals surface area contributed by atoms with E-state index in [9.17, 15) is 9.59 Å². The third kappa shape index (κ3) is 2.04. The molecule has 1 saturated carbocycles. The van der Waals surface area contributed by atoms with Gasteiger partial charge in [0.1, 0.15) is 5.03 Å². The average Bonchev–Trinajstić information content (AvgIpc) is 2.68. The minimum atomic E-state index is -0.820. The van der Waals surface area contributed by atoms with Crippen molar-refractivity contribution < 1.29 is 14.3 Å². The smallest absolute Gasteiger partial charge is 0.349 e. The highest BCUT2D eigenvalue weighted by atomic mass is 35.5. The molecule has 3 nitrogen and oxygen atoms in total. The zero-order valence-electron chi connectivity index (χ0n) is 8.77. The first-order valence-electron chi connectivity index (χ1n) is 4.43. The first-order chi connectivity index (χ1) is 6.77. The van der Waals surface area contributed by atoms with Crippen molar-refractivity contribution in [2.24, 2.45) is 10.8 Å². The molecule has 0 bridgehead atoms. The van der Waals surface area contributed by atoms with Gasteiger partial charge in [0, 0.05) is 0 Å². The number of hydrogen-bond donors (Lipinski definition) is 0. The predicted molar refractivity (Wildman–Crippen MR) is 57.6 cm³/mol. The van der Waals surface area contributed by atoms with E-state index < -0.39 is 16.6 Å². The van der Waals surface area contributed by atoms with Gasteiger partial charge in [0.15, 0.2) is 0 Å². The van der Waals surface area contributed by atoms with Gasteiger partial charge in [-0.15, -0.1) is 0 Å². The summed E-state index contributed by atoms with van der Waals surface area (Å²) in [5.74, 6) is -0.656. The second-order valence-electron chi connectivity index (χ2n) is 4.29. The van der Waals surface area contributed by atoms with Crippen molar-refractivity contribution in [2.45, 2.75) is 20.3 Å². The summed E-state index contributed by atoms with van der Waals surface area (Å²) in [7, 11) is 1.23. The first kappa shape index (κ1) is 12.5. The van der Waals surface area contributed by atoms with Crippen LogP contribution in [0.1, 0.15) is 20.3 Å². The van der Waals surface area contributed by atoms with Gasteiger partial charge in [-0.1, -0.05) is 25.4 Å². The number of rotatable bonds is 3. The number of halogens is 2. The first-order valence-corrected chi connectivity index (χ1v) is 5.19. The maximum atomic E-state index is 11.3. The Labute approximate surface area is 98.4 Å². The Bertz CT molecular complexity index is 347. The summed E-state index contributed by atoms with van der Waals surface area (Å²) in [5.41, 5.74) is -1.07. The molecule has 0 N–H and O–H groups in total. The summed E-state index contributed by atoms with van der Waals surface area (Å²) in [6.07, 6.45) is 1.99.